The van der Waals surface area contributed by atoms with E-state index >= 15 is 0 Å². The second-order valence-corrected chi connectivity index (χ2v) is 6.70. The van der Waals surface area contributed by atoms with Crippen molar-refractivity contribution in [2.75, 3.05) is 0 Å². The molecule has 0 saturated heterocycles. The van der Waals surface area contributed by atoms with Gasteiger partial charge < -0.3 is 5.11 Å². The predicted molar refractivity (Wildman–Crippen MR) is 77.9 cm³/mol. The fourth-order valence-corrected chi connectivity index (χ4v) is 3.03. The van der Waals surface area contributed by atoms with Crippen LogP contribution < -0.4 is 0 Å². The Labute approximate surface area is 124 Å². The molecule has 1 N–H and O–H groups in total. The van der Waals surface area contributed by atoms with Crippen molar-refractivity contribution in [2.45, 2.75) is 32.7 Å². The van der Waals surface area contributed by atoms with Crippen LogP contribution in [0.25, 0.3) is 4.96 Å². The number of carboxylic acids is 1. The van der Waals surface area contributed by atoms with Crippen LogP contribution in [0.1, 0.15) is 42.6 Å². The Morgan fingerprint density at radius 3 is 2.81 bits per heavy atom. The van der Waals surface area contributed by atoms with Crippen LogP contribution in [-0.2, 0) is 12.0 Å². The Morgan fingerprint density at radius 2 is 2.19 bits per heavy atom. The van der Waals surface area contributed by atoms with E-state index in [-0.39, 0.29) is 11.1 Å². The lowest BCUT2D eigenvalue weighted by Crippen LogP contribution is -2.22. The maximum Gasteiger partial charge on any atom is 0.358 e. The molecule has 0 saturated carbocycles. The zero-order chi connectivity index (χ0) is 15.2. The minimum absolute atomic E-state index is 0.00326. The van der Waals surface area contributed by atoms with Crippen molar-refractivity contribution >= 4 is 22.3 Å². The van der Waals surface area contributed by atoms with E-state index in [1.165, 1.54) is 0 Å². The summed E-state index contributed by atoms with van der Waals surface area (Å²) in [6.07, 6.45) is 3.85. The van der Waals surface area contributed by atoms with Crippen LogP contribution in [0.3, 0.4) is 0 Å². The van der Waals surface area contributed by atoms with Crippen LogP contribution in [0.5, 0.6) is 0 Å². The van der Waals surface area contributed by atoms with Gasteiger partial charge in [0.05, 0.1) is 17.9 Å². The molecule has 0 amide bonds. The second kappa shape index (κ2) is 4.66. The Balaban J connectivity index is 2.02. The monoisotopic (exact) mass is 305 g/mol. The molecule has 0 unspecified atom stereocenters. The summed E-state index contributed by atoms with van der Waals surface area (Å²) in [5, 5.41) is 19.0. The molecule has 3 aromatic heterocycles. The van der Waals surface area contributed by atoms with Gasteiger partial charge in [0.15, 0.2) is 10.7 Å². The molecule has 3 rings (SSSR count). The maximum atomic E-state index is 11.3. The molecule has 3 aromatic rings. The molecule has 0 radical (unpaired) electrons. The molecule has 21 heavy (non-hydrogen) atoms. The van der Waals surface area contributed by atoms with Gasteiger partial charge in [0, 0.05) is 23.2 Å². The molecule has 0 aliphatic rings. The lowest BCUT2D eigenvalue weighted by atomic mass is 9.90. The molecule has 0 aliphatic carbocycles. The quantitative estimate of drug-likeness (QED) is 0.800. The zero-order valence-electron chi connectivity index (χ0n) is 11.9. The number of aromatic nitrogens is 5. The number of imidazole rings is 1. The first kappa shape index (κ1) is 13.7. The lowest BCUT2D eigenvalue weighted by Gasteiger charge is -2.19. The summed E-state index contributed by atoms with van der Waals surface area (Å²) in [4.78, 5) is 16.7. The Hall–Kier alpha value is -2.22. The highest BCUT2D eigenvalue weighted by atomic mass is 32.1. The largest absolute Gasteiger partial charge is 0.476 e. The van der Waals surface area contributed by atoms with Crippen LogP contribution in [0.2, 0.25) is 0 Å². The summed E-state index contributed by atoms with van der Waals surface area (Å²) in [5.74, 6) is -1.06. The first-order valence-corrected chi connectivity index (χ1v) is 7.32. The van der Waals surface area contributed by atoms with Gasteiger partial charge >= 0.3 is 5.97 Å². The molecule has 0 aromatic carbocycles. The van der Waals surface area contributed by atoms with Gasteiger partial charge in [-0.3, -0.25) is 4.40 Å². The number of thiazole rings is 1. The Morgan fingerprint density at radius 1 is 1.43 bits per heavy atom. The van der Waals surface area contributed by atoms with Crippen LogP contribution in [-0.4, -0.2) is 35.5 Å². The van der Waals surface area contributed by atoms with E-state index in [0.717, 1.165) is 10.7 Å². The fraction of sp³-hybridized carbons (Fsp3) is 0.385. The van der Waals surface area contributed by atoms with Crippen molar-refractivity contribution in [1.82, 2.24) is 24.4 Å². The first-order valence-electron chi connectivity index (χ1n) is 6.44. The van der Waals surface area contributed by atoms with Gasteiger partial charge in [-0.25, -0.2) is 14.5 Å². The van der Waals surface area contributed by atoms with E-state index in [1.54, 1.807) is 16.0 Å². The zero-order valence-corrected chi connectivity index (χ0v) is 12.8. The number of nitrogens with zero attached hydrogens (tertiary/aromatic N) is 5. The number of aromatic carboxylic acids is 1. The first-order chi connectivity index (χ1) is 9.86. The van der Waals surface area contributed by atoms with E-state index < -0.39 is 5.97 Å². The smallest absolute Gasteiger partial charge is 0.358 e. The number of hydrogen-bond donors (Lipinski definition) is 1. The van der Waals surface area contributed by atoms with Gasteiger partial charge in [0.1, 0.15) is 0 Å². The number of fused-ring (bicyclic) bond motifs is 1. The summed E-state index contributed by atoms with van der Waals surface area (Å²) in [6.45, 7) is 6.24. The lowest BCUT2D eigenvalue weighted by molar-refractivity contribution is 0.0687. The number of hydrogen-bond acceptors (Lipinski definition) is 5. The van der Waals surface area contributed by atoms with E-state index in [2.05, 4.69) is 15.3 Å². The van der Waals surface area contributed by atoms with E-state index in [1.807, 2.05) is 42.9 Å². The van der Waals surface area contributed by atoms with E-state index in [0.29, 0.717) is 12.2 Å². The SMILES string of the molecule is CC(C)(C)c1c(C(=O)O)nnn1Cc1cn2ccsc2n1. The van der Waals surface area contributed by atoms with Crippen LogP contribution >= 0.6 is 11.3 Å². The summed E-state index contributed by atoms with van der Waals surface area (Å²) in [5.41, 5.74) is 1.07. The maximum absolute atomic E-state index is 11.3. The molecule has 8 heteroatoms. The molecule has 0 atom stereocenters. The third-order valence-corrected chi connectivity index (χ3v) is 3.87. The third kappa shape index (κ3) is 2.42. The van der Waals surface area contributed by atoms with Gasteiger partial charge in [0.25, 0.3) is 0 Å². The highest BCUT2D eigenvalue weighted by molar-refractivity contribution is 7.15. The molecule has 110 valence electrons. The number of carboxylic acid groups (broad SMARTS) is 1. The summed E-state index contributed by atoms with van der Waals surface area (Å²) in [7, 11) is 0. The van der Waals surface area contributed by atoms with Crippen molar-refractivity contribution in [3.8, 4) is 0 Å². The highest BCUT2D eigenvalue weighted by Crippen LogP contribution is 2.25. The molecule has 0 spiro atoms. The number of carbonyl (C=O) groups is 1. The molecular weight excluding hydrogens is 290 g/mol. The van der Waals surface area contributed by atoms with Gasteiger partial charge in [-0.2, -0.15) is 0 Å². The average Bonchev–Trinajstić information content (AvgIpc) is 3.00. The summed E-state index contributed by atoms with van der Waals surface area (Å²) < 4.78 is 3.56. The second-order valence-electron chi connectivity index (χ2n) is 5.82. The molecule has 3 heterocycles. The van der Waals surface area contributed by atoms with Gasteiger partial charge in [-0.05, 0) is 0 Å². The van der Waals surface area contributed by atoms with Crippen LogP contribution in [0.15, 0.2) is 17.8 Å². The molecule has 0 fully saturated rings. The summed E-state index contributed by atoms with van der Waals surface area (Å²) in [6, 6.07) is 0. The Bertz CT molecular complexity index is 780. The van der Waals surface area contributed by atoms with Gasteiger partial charge in [-0.15, -0.1) is 16.4 Å². The van der Waals surface area contributed by atoms with Crippen molar-refractivity contribution < 1.29 is 9.90 Å². The van der Waals surface area contributed by atoms with E-state index in [9.17, 15) is 9.90 Å². The molecule has 0 aliphatic heterocycles. The van der Waals surface area contributed by atoms with Gasteiger partial charge in [-0.1, -0.05) is 26.0 Å². The fourth-order valence-electron chi connectivity index (χ4n) is 2.32. The third-order valence-electron chi connectivity index (χ3n) is 3.10. The minimum Gasteiger partial charge on any atom is -0.476 e. The Kier molecular flexibility index (Phi) is 3.05. The number of rotatable bonds is 3. The van der Waals surface area contributed by atoms with Crippen molar-refractivity contribution in [3.05, 3.63) is 34.9 Å². The molecular formula is C13H15N5O2S. The van der Waals surface area contributed by atoms with Crippen LogP contribution in [0, 0.1) is 0 Å². The van der Waals surface area contributed by atoms with Crippen molar-refractivity contribution in [1.29, 1.82) is 0 Å². The van der Waals surface area contributed by atoms with Crippen LogP contribution in [0.4, 0.5) is 0 Å². The topological polar surface area (TPSA) is 85.3 Å². The predicted octanol–water partition coefficient (Wildman–Crippen LogP) is 2.03. The molecule has 7 nitrogen and oxygen atoms in total. The standard InChI is InChI=1S/C13H15N5O2S/c1-13(2,3)10-9(11(19)20)15-16-18(10)7-8-6-17-4-5-21-12(17)14-8/h4-6H,7H2,1-3H3,(H,19,20). The normalized spacial score (nSPS) is 12.1. The average molecular weight is 305 g/mol. The van der Waals surface area contributed by atoms with Gasteiger partial charge in [0.2, 0.25) is 0 Å². The van der Waals surface area contributed by atoms with Crippen molar-refractivity contribution in [2.24, 2.45) is 0 Å². The van der Waals surface area contributed by atoms with E-state index in [4.69, 9.17) is 0 Å². The molecule has 0 bridgehead atoms. The minimum atomic E-state index is -1.06. The summed E-state index contributed by atoms with van der Waals surface area (Å²) >= 11 is 1.55. The van der Waals surface area contributed by atoms with Crippen molar-refractivity contribution in [3.63, 3.8) is 0 Å². The highest BCUT2D eigenvalue weighted by Gasteiger charge is 2.29.